The van der Waals surface area contributed by atoms with Crippen molar-refractivity contribution in [2.24, 2.45) is 0 Å². The summed E-state index contributed by atoms with van der Waals surface area (Å²) in [6.45, 7) is 2.03. The van der Waals surface area contributed by atoms with Gasteiger partial charge >= 0.3 is 6.03 Å². The Labute approximate surface area is 177 Å². The number of hydrogen-bond acceptors (Lipinski definition) is 2. The van der Waals surface area contributed by atoms with Gasteiger partial charge in [-0.3, -0.25) is 9.69 Å². The molecular weight excluding hydrogens is 372 g/mol. The molecule has 0 aromatic heterocycles. The van der Waals surface area contributed by atoms with Gasteiger partial charge < -0.3 is 4.90 Å². The number of amides is 3. The summed E-state index contributed by atoms with van der Waals surface area (Å²) in [5, 5.41) is 0. The minimum absolute atomic E-state index is 0.0315. The fourth-order valence-electron chi connectivity index (χ4n) is 4.32. The first-order valence-electron chi connectivity index (χ1n) is 10.3. The van der Waals surface area contributed by atoms with Gasteiger partial charge in [0.15, 0.2) is 0 Å². The Kier molecular flexibility index (Phi) is 5.66. The molecule has 4 nitrogen and oxygen atoms in total. The minimum atomic E-state index is -0.360. The van der Waals surface area contributed by atoms with Gasteiger partial charge in [0, 0.05) is 13.5 Å². The van der Waals surface area contributed by atoms with Crippen molar-refractivity contribution in [2.45, 2.75) is 31.3 Å². The lowest BCUT2D eigenvalue weighted by atomic mass is 9.92. The summed E-state index contributed by atoms with van der Waals surface area (Å²) in [7, 11) is 1.78. The predicted molar refractivity (Wildman–Crippen MR) is 118 cm³/mol. The molecule has 3 aromatic carbocycles. The van der Waals surface area contributed by atoms with Crippen LogP contribution in [0.15, 0.2) is 91.0 Å². The van der Waals surface area contributed by atoms with Gasteiger partial charge in [0.1, 0.15) is 0 Å². The van der Waals surface area contributed by atoms with Gasteiger partial charge in [0.05, 0.1) is 12.1 Å². The van der Waals surface area contributed by atoms with Crippen LogP contribution in [0, 0.1) is 0 Å². The van der Waals surface area contributed by atoms with E-state index in [9.17, 15) is 9.59 Å². The highest BCUT2D eigenvalue weighted by molar-refractivity contribution is 5.97. The maximum Gasteiger partial charge on any atom is 0.327 e. The molecule has 1 saturated heterocycles. The fraction of sp³-hybridized carbons (Fsp3) is 0.231. The monoisotopic (exact) mass is 398 g/mol. The topological polar surface area (TPSA) is 40.6 Å². The molecule has 0 bridgehead atoms. The Hall–Kier alpha value is -3.40. The van der Waals surface area contributed by atoms with Crippen LogP contribution in [0.3, 0.4) is 0 Å². The molecule has 1 heterocycles. The van der Waals surface area contributed by atoms with Crippen LogP contribution in [0.25, 0.3) is 0 Å². The van der Waals surface area contributed by atoms with Crippen molar-refractivity contribution in [3.8, 4) is 0 Å². The normalized spacial score (nSPS) is 19.7. The van der Waals surface area contributed by atoms with Crippen molar-refractivity contribution in [3.63, 3.8) is 0 Å². The van der Waals surface area contributed by atoms with E-state index in [1.165, 1.54) is 4.90 Å². The van der Waals surface area contributed by atoms with Gasteiger partial charge in [-0.05, 0) is 22.6 Å². The van der Waals surface area contributed by atoms with Gasteiger partial charge in [-0.2, -0.15) is 0 Å². The van der Waals surface area contributed by atoms with E-state index in [-0.39, 0.29) is 36.4 Å². The summed E-state index contributed by atoms with van der Waals surface area (Å²) in [5.41, 5.74) is 3.08. The predicted octanol–water partition coefficient (Wildman–Crippen LogP) is 5.56. The van der Waals surface area contributed by atoms with Crippen LogP contribution < -0.4 is 0 Å². The molecule has 4 rings (SSSR count). The zero-order chi connectivity index (χ0) is 21.1. The van der Waals surface area contributed by atoms with Crippen molar-refractivity contribution >= 4 is 11.9 Å². The van der Waals surface area contributed by atoms with E-state index in [1.54, 1.807) is 11.9 Å². The fourth-order valence-corrected chi connectivity index (χ4v) is 4.32. The Balaban J connectivity index is 1.70. The Morgan fingerprint density at radius 2 is 1.27 bits per heavy atom. The third kappa shape index (κ3) is 3.73. The molecule has 152 valence electrons. The second kappa shape index (κ2) is 8.54. The number of imide groups is 1. The van der Waals surface area contributed by atoms with Crippen LogP contribution in [-0.2, 0) is 4.79 Å². The molecule has 0 radical (unpaired) electrons. The molecule has 0 aliphatic carbocycles. The molecule has 3 atom stereocenters. The van der Waals surface area contributed by atoms with Crippen LogP contribution in [0.2, 0.25) is 0 Å². The number of carbonyl (C=O) groups is 2. The van der Waals surface area contributed by atoms with E-state index in [1.807, 2.05) is 97.9 Å². The number of urea groups is 1. The molecule has 3 amide bonds. The van der Waals surface area contributed by atoms with E-state index in [0.29, 0.717) is 0 Å². The summed E-state index contributed by atoms with van der Waals surface area (Å²) in [6, 6.07) is 28.9. The first-order chi connectivity index (χ1) is 14.6. The lowest BCUT2D eigenvalue weighted by molar-refractivity contribution is -0.129. The Bertz CT molecular complexity index is 1000. The lowest BCUT2D eigenvalue weighted by Gasteiger charge is -2.27. The van der Waals surface area contributed by atoms with Crippen LogP contribution in [0.4, 0.5) is 4.79 Å². The Morgan fingerprint density at radius 3 is 1.80 bits per heavy atom. The second-order valence-electron chi connectivity index (χ2n) is 7.88. The molecular formula is C26H26N2O2. The van der Waals surface area contributed by atoms with Crippen molar-refractivity contribution in [1.29, 1.82) is 0 Å². The number of nitrogens with zero attached hydrogens (tertiary/aromatic N) is 2. The number of hydrogen-bond donors (Lipinski definition) is 0. The van der Waals surface area contributed by atoms with E-state index in [2.05, 4.69) is 0 Å². The average Bonchev–Trinajstić information content (AvgIpc) is 3.06. The summed E-state index contributed by atoms with van der Waals surface area (Å²) in [4.78, 5) is 29.8. The summed E-state index contributed by atoms with van der Waals surface area (Å²) in [6.07, 6.45) is 0.286. The van der Waals surface area contributed by atoms with E-state index >= 15 is 0 Å². The van der Waals surface area contributed by atoms with Crippen molar-refractivity contribution < 1.29 is 9.59 Å². The molecule has 1 fully saturated rings. The average molecular weight is 399 g/mol. The van der Waals surface area contributed by atoms with Gasteiger partial charge in [0.25, 0.3) is 0 Å². The Morgan fingerprint density at radius 1 is 0.800 bits per heavy atom. The minimum Gasteiger partial charge on any atom is -0.318 e. The van der Waals surface area contributed by atoms with Gasteiger partial charge in [0.2, 0.25) is 5.91 Å². The summed E-state index contributed by atoms with van der Waals surface area (Å²) in [5.74, 6) is -0.112. The van der Waals surface area contributed by atoms with Crippen LogP contribution in [-0.4, -0.2) is 28.8 Å². The molecule has 4 heteroatoms. The maximum atomic E-state index is 13.4. The number of benzene rings is 3. The number of rotatable bonds is 5. The van der Waals surface area contributed by atoms with Gasteiger partial charge in [-0.25, -0.2) is 4.79 Å². The third-order valence-electron chi connectivity index (χ3n) is 5.90. The quantitative estimate of drug-likeness (QED) is 0.565. The smallest absolute Gasteiger partial charge is 0.318 e. The number of carbonyl (C=O) groups excluding carboxylic acids is 2. The highest BCUT2D eigenvalue weighted by Crippen LogP contribution is 2.44. The summed E-state index contributed by atoms with van der Waals surface area (Å²) < 4.78 is 0. The van der Waals surface area contributed by atoms with E-state index in [4.69, 9.17) is 0 Å². The van der Waals surface area contributed by atoms with Gasteiger partial charge in [-0.1, -0.05) is 97.9 Å². The zero-order valence-electron chi connectivity index (χ0n) is 17.3. The highest BCUT2D eigenvalue weighted by Gasteiger charge is 2.48. The van der Waals surface area contributed by atoms with E-state index in [0.717, 1.165) is 16.7 Å². The maximum absolute atomic E-state index is 13.4. The highest BCUT2D eigenvalue weighted by atomic mass is 16.2. The zero-order valence-corrected chi connectivity index (χ0v) is 17.3. The standard InChI is InChI=1S/C26H26N2O2/c1-19(20-12-6-3-7-13-20)18-23(29)28-25(22-16-10-5-11-17-22)24(27(2)26(28)30)21-14-8-4-9-15-21/h3-17,19,24-25H,18H2,1-2H3/t19?,24-,25-/m0/s1. The first kappa shape index (κ1) is 19.9. The van der Waals surface area contributed by atoms with Crippen LogP contribution in [0.1, 0.15) is 48.0 Å². The lowest BCUT2D eigenvalue weighted by Crippen LogP contribution is -2.36. The van der Waals surface area contributed by atoms with E-state index < -0.39 is 0 Å². The molecule has 0 N–H and O–H groups in total. The van der Waals surface area contributed by atoms with Crippen molar-refractivity contribution in [2.75, 3.05) is 7.05 Å². The molecule has 3 aromatic rings. The number of likely N-dealkylation sites (N-methyl/N-ethyl adjacent to an activating group) is 1. The van der Waals surface area contributed by atoms with Gasteiger partial charge in [-0.15, -0.1) is 0 Å². The molecule has 0 saturated carbocycles. The molecule has 1 aliphatic rings. The molecule has 1 aliphatic heterocycles. The first-order valence-corrected chi connectivity index (χ1v) is 10.3. The summed E-state index contributed by atoms with van der Waals surface area (Å²) >= 11 is 0. The van der Waals surface area contributed by atoms with Crippen LogP contribution >= 0.6 is 0 Å². The molecule has 30 heavy (non-hydrogen) atoms. The second-order valence-corrected chi connectivity index (χ2v) is 7.88. The molecule has 1 unspecified atom stereocenters. The largest absolute Gasteiger partial charge is 0.327 e. The van der Waals surface area contributed by atoms with Crippen LogP contribution in [0.5, 0.6) is 0 Å². The SMILES string of the molecule is CC(CC(=O)N1C(=O)N(C)[C@@H](c2ccccc2)[C@@H]1c1ccccc1)c1ccccc1. The molecule has 0 spiro atoms. The van der Waals surface area contributed by atoms with Crippen molar-refractivity contribution in [1.82, 2.24) is 9.80 Å². The third-order valence-corrected chi connectivity index (χ3v) is 5.90. The van der Waals surface area contributed by atoms with Crippen molar-refractivity contribution in [3.05, 3.63) is 108 Å².